The van der Waals surface area contributed by atoms with Crippen LogP contribution in [0.4, 0.5) is 0 Å². The number of ether oxygens (including phenoxy) is 3. The minimum absolute atomic E-state index is 0.239. The standard InChI is InChI=1S/C18H20ClNO5/c19-13-7-12(8-14-17(13)24-6-5-23-14)18(22)25-9-15(21)20-16(10-1-2-10)11-3-4-11/h7-8,10-11,16H,1-6,9H2,(H,20,21). The summed E-state index contributed by atoms with van der Waals surface area (Å²) in [6.07, 6.45) is 4.71. The summed E-state index contributed by atoms with van der Waals surface area (Å²) < 4.78 is 16.0. The highest BCUT2D eigenvalue weighted by molar-refractivity contribution is 6.32. The lowest BCUT2D eigenvalue weighted by atomic mass is 10.1. The number of fused-ring (bicyclic) bond motifs is 1. The van der Waals surface area contributed by atoms with Gasteiger partial charge in [-0.25, -0.2) is 4.79 Å². The smallest absolute Gasteiger partial charge is 0.338 e. The molecule has 7 heteroatoms. The number of hydrogen-bond donors (Lipinski definition) is 1. The van der Waals surface area contributed by atoms with Gasteiger partial charge in [-0.15, -0.1) is 0 Å². The van der Waals surface area contributed by atoms with Gasteiger partial charge in [0.2, 0.25) is 0 Å². The molecule has 0 bridgehead atoms. The van der Waals surface area contributed by atoms with E-state index in [1.54, 1.807) is 0 Å². The van der Waals surface area contributed by atoms with Crippen LogP contribution in [0.2, 0.25) is 5.02 Å². The number of carbonyl (C=O) groups excluding carboxylic acids is 2. The molecule has 1 aliphatic heterocycles. The molecule has 2 saturated carbocycles. The largest absolute Gasteiger partial charge is 0.486 e. The van der Waals surface area contributed by atoms with Crippen molar-refractivity contribution in [2.75, 3.05) is 19.8 Å². The lowest BCUT2D eigenvalue weighted by Crippen LogP contribution is -2.40. The normalized spacial score (nSPS) is 18.8. The van der Waals surface area contributed by atoms with Crippen LogP contribution in [0.5, 0.6) is 11.5 Å². The van der Waals surface area contributed by atoms with E-state index in [1.807, 2.05) is 0 Å². The number of nitrogens with one attached hydrogen (secondary N) is 1. The first-order valence-corrected chi connectivity index (χ1v) is 9.05. The van der Waals surface area contributed by atoms with E-state index in [0.29, 0.717) is 36.5 Å². The maximum absolute atomic E-state index is 12.2. The van der Waals surface area contributed by atoms with Crippen LogP contribution in [-0.4, -0.2) is 37.7 Å². The second-order valence-electron chi connectivity index (χ2n) is 6.83. The van der Waals surface area contributed by atoms with Crippen LogP contribution >= 0.6 is 11.6 Å². The Morgan fingerprint density at radius 3 is 2.52 bits per heavy atom. The SMILES string of the molecule is O=C(COC(=O)c1cc(Cl)c2c(c1)OCCO2)NC(C1CC1)C1CC1. The Morgan fingerprint density at radius 2 is 1.84 bits per heavy atom. The second kappa shape index (κ2) is 6.75. The fraction of sp³-hybridized carbons (Fsp3) is 0.556. The number of halogens is 1. The topological polar surface area (TPSA) is 73.9 Å². The summed E-state index contributed by atoms with van der Waals surface area (Å²) in [5, 5.41) is 3.31. The van der Waals surface area contributed by atoms with Gasteiger partial charge < -0.3 is 19.5 Å². The van der Waals surface area contributed by atoms with Crippen molar-refractivity contribution < 1.29 is 23.8 Å². The molecule has 1 amide bonds. The van der Waals surface area contributed by atoms with Gasteiger partial charge in [0.25, 0.3) is 5.91 Å². The molecule has 2 aliphatic carbocycles. The first-order valence-electron chi connectivity index (χ1n) is 8.67. The quantitative estimate of drug-likeness (QED) is 0.784. The molecule has 3 aliphatic rings. The lowest BCUT2D eigenvalue weighted by molar-refractivity contribution is -0.125. The molecule has 0 spiro atoms. The van der Waals surface area contributed by atoms with Gasteiger partial charge in [0.1, 0.15) is 13.2 Å². The Morgan fingerprint density at radius 1 is 1.16 bits per heavy atom. The van der Waals surface area contributed by atoms with Gasteiger partial charge >= 0.3 is 5.97 Å². The summed E-state index contributed by atoms with van der Waals surface area (Å²) >= 11 is 6.11. The van der Waals surface area contributed by atoms with E-state index >= 15 is 0 Å². The third kappa shape index (κ3) is 3.84. The average molecular weight is 366 g/mol. The predicted octanol–water partition coefficient (Wildman–Crippen LogP) is 2.57. The molecule has 6 nitrogen and oxygen atoms in total. The zero-order valence-electron chi connectivity index (χ0n) is 13.8. The van der Waals surface area contributed by atoms with Crippen LogP contribution in [0.15, 0.2) is 12.1 Å². The molecule has 1 N–H and O–H groups in total. The Hall–Kier alpha value is -1.95. The summed E-state index contributed by atoms with van der Waals surface area (Å²) in [6, 6.07) is 3.24. The fourth-order valence-corrected chi connectivity index (χ4v) is 3.47. The molecule has 0 unspecified atom stereocenters. The Labute approximate surface area is 150 Å². The summed E-state index contributed by atoms with van der Waals surface area (Å²) in [4.78, 5) is 24.3. The van der Waals surface area contributed by atoms with Gasteiger partial charge in [0, 0.05) is 6.04 Å². The highest BCUT2D eigenvalue weighted by Gasteiger charge is 2.42. The zero-order valence-corrected chi connectivity index (χ0v) is 14.5. The molecule has 1 aromatic carbocycles. The number of hydrogen-bond acceptors (Lipinski definition) is 5. The van der Waals surface area contributed by atoms with E-state index in [2.05, 4.69) is 5.32 Å². The van der Waals surface area contributed by atoms with Crippen LogP contribution < -0.4 is 14.8 Å². The molecular formula is C18H20ClNO5. The number of rotatable bonds is 6. The summed E-state index contributed by atoms with van der Waals surface area (Å²) in [6.45, 7) is 0.522. The van der Waals surface area contributed by atoms with Gasteiger partial charge in [-0.3, -0.25) is 4.79 Å². The van der Waals surface area contributed by atoms with Gasteiger partial charge in [-0.2, -0.15) is 0 Å². The molecule has 2 fully saturated rings. The van der Waals surface area contributed by atoms with E-state index in [4.69, 9.17) is 25.8 Å². The Balaban J connectivity index is 1.34. The predicted molar refractivity (Wildman–Crippen MR) is 90.1 cm³/mol. The monoisotopic (exact) mass is 365 g/mol. The van der Waals surface area contributed by atoms with E-state index in [-0.39, 0.29) is 29.1 Å². The molecule has 134 valence electrons. The maximum Gasteiger partial charge on any atom is 0.338 e. The van der Waals surface area contributed by atoms with E-state index < -0.39 is 5.97 Å². The van der Waals surface area contributed by atoms with Crippen molar-refractivity contribution in [1.82, 2.24) is 5.32 Å². The lowest BCUT2D eigenvalue weighted by Gasteiger charge is -2.20. The Bertz CT molecular complexity index is 687. The number of carbonyl (C=O) groups is 2. The highest BCUT2D eigenvalue weighted by Crippen LogP contribution is 2.44. The minimum Gasteiger partial charge on any atom is -0.486 e. The summed E-state index contributed by atoms with van der Waals surface area (Å²) in [5.74, 6) is 1.19. The van der Waals surface area contributed by atoms with Crippen molar-refractivity contribution in [3.05, 3.63) is 22.7 Å². The number of esters is 1. The van der Waals surface area contributed by atoms with Crippen LogP contribution in [0.25, 0.3) is 0 Å². The van der Waals surface area contributed by atoms with Crippen molar-refractivity contribution in [1.29, 1.82) is 0 Å². The van der Waals surface area contributed by atoms with Gasteiger partial charge in [0.15, 0.2) is 18.1 Å². The van der Waals surface area contributed by atoms with Crippen LogP contribution in [0.1, 0.15) is 36.0 Å². The molecule has 1 aromatic rings. The van der Waals surface area contributed by atoms with Crippen molar-refractivity contribution in [2.45, 2.75) is 31.7 Å². The molecular weight excluding hydrogens is 346 g/mol. The minimum atomic E-state index is -0.608. The fourth-order valence-electron chi connectivity index (χ4n) is 3.20. The first kappa shape index (κ1) is 16.5. The van der Waals surface area contributed by atoms with Gasteiger partial charge in [-0.05, 0) is 49.7 Å². The molecule has 0 radical (unpaired) electrons. The average Bonchev–Trinajstić information content (AvgIpc) is 3.50. The second-order valence-corrected chi connectivity index (χ2v) is 7.23. The van der Waals surface area contributed by atoms with Crippen LogP contribution in [0.3, 0.4) is 0 Å². The number of amides is 1. The van der Waals surface area contributed by atoms with Crippen LogP contribution in [-0.2, 0) is 9.53 Å². The molecule has 0 aromatic heterocycles. The number of benzene rings is 1. The third-order valence-corrected chi connectivity index (χ3v) is 5.04. The van der Waals surface area contributed by atoms with Crippen LogP contribution in [0, 0.1) is 11.8 Å². The summed E-state index contributed by atoms with van der Waals surface area (Å²) in [7, 11) is 0. The molecule has 25 heavy (non-hydrogen) atoms. The highest BCUT2D eigenvalue weighted by atomic mass is 35.5. The first-order chi connectivity index (χ1) is 12.1. The van der Waals surface area contributed by atoms with Crippen molar-refractivity contribution in [3.8, 4) is 11.5 Å². The third-order valence-electron chi connectivity index (χ3n) is 4.75. The van der Waals surface area contributed by atoms with Crippen molar-refractivity contribution in [2.24, 2.45) is 11.8 Å². The molecule has 0 saturated heterocycles. The van der Waals surface area contributed by atoms with E-state index in [0.717, 1.165) is 0 Å². The van der Waals surface area contributed by atoms with Crippen molar-refractivity contribution >= 4 is 23.5 Å². The van der Waals surface area contributed by atoms with Gasteiger partial charge in [-0.1, -0.05) is 11.6 Å². The van der Waals surface area contributed by atoms with E-state index in [1.165, 1.54) is 37.8 Å². The van der Waals surface area contributed by atoms with Crippen molar-refractivity contribution in [3.63, 3.8) is 0 Å². The summed E-state index contributed by atoms with van der Waals surface area (Å²) in [5.41, 5.74) is 0.239. The maximum atomic E-state index is 12.2. The zero-order chi connectivity index (χ0) is 17.4. The van der Waals surface area contributed by atoms with E-state index in [9.17, 15) is 9.59 Å². The van der Waals surface area contributed by atoms with Gasteiger partial charge in [0.05, 0.1) is 10.6 Å². The molecule has 4 rings (SSSR count). The Kier molecular flexibility index (Phi) is 4.46. The molecule has 1 heterocycles. The molecule has 0 atom stereocenters.